The first-order chi connectivity index (χ1) is 9.37. The maximum absolute atomic E-state index is 13.6. The average Bonchev–Trinajstić information content (AvgIpc) is 2.35. The van der Waals surface area contributed by atoms with E-state index in [-0.39, 0.29) is 5.56 Å². The van der Waals surface area contributed by atoms with Crippen molar-refractivity contribution in [2.75, 3.05) is 6.54 Å². The van der Waals surface area contributed by atoms with Gasteiger partial charge in [0.15, 0.2) is 0 Å². The molecule has 0 aromatic heterocycles. The quantitative estimate of drug-likeness (QED) is 0.885. The minimum Gasteiger partial charge on any atom is -0.387 e. The summed E-state index contributed by atoms with van der Waals surface area (Å²) in [5, 5.41) is 13.3. The first-order valence-corrected chi connectivity index (χ1v) is 7.24. The van der Waals surface area contributed by atoms with Crippen molar-refractivity contribution in [2.45, 2.75) is 51.7 Å². The highest BCUT2D eigenvalue weighted by atomic mass is 19.1. The van der Waals surface area contributed by atoms with Crippen LogP contribution in [0.1, 0.15) is 51.2 Å². The smallest absolute Gasteiger partial charge is 0.131 e. The van der Waals surface area contributed by atoms with E-state index in [2.05, 4.69) is 19.2 Å². The van der Waals surface area contributed by atoms with Crippen molar-refractivity contribution in [1.29, 1.82) is 0 Å². The van der Waals surface area contributed by atoms with E-state index in [0.29, 0.717) is 18.0 Å². The molecule has 2 atom stereocenters. The molecule has 1 aliphatic rings. The molecule has 2 N–H and O–H groups in total. The van der Waals surface area contributed by atoms with Gasteiger partial charge < -0.3 is 10.4 Å². The van der Waals surface area contributed by atoms with Gasteiger partial charge in [0.2, 0.25) is 0 Å². The fourth-order valence-electron chi connectivity index (χ4n) is 3.03. The number of hydrogen-bond donors (Lipinski definition) is 2. The number of aliphatic hydroxyl groups is 1. The maximum Gasteiger partial charge on any atom is 0.131 e. The van der Waals surface area contributed by atoms with Crippen molar-refractivity contribution in [3.05, 3.63) is 35.4 Å². The van der Waals surface area contributed by atoms with Crippen molar-refractivity contribution in [3.8, 4) is 0 Å². The second kappa shape index (κ2) is 6.19. The lowest BCUT2D eigenvalue weighted by Crippen LogP contribution is -2.39. The highest BCUT2D eigenvalue weighted by Gasteiger charge is 2.28. The normalized spacial score (nSPS) is 23.6. The predicted molar refractivity (Wildman–Crippen MR) is 75.4 cm³/mol. The van der Waals surface area contributed by atoms with Crippen LogP contribution in [0.3, 0.4) is 0 Å². The zero-order valence-corrected chi connectivity index (χ0v) is 12.1. The molecule has 0 radical (unpaired) electrons. The standard InChI is InChI=1S/C16H23F2NO/c1-16(2)7-3-4-12(9-16)19-10-15(20)13-6-5-11(17)8-14(13)18/h5-6,8,12,15,19-20H,3-4,7,9-10H2,1-2H3. The summed E-state index contributed by atoms with van der Waals surface area (Å²) >= 11 is 0. The van der Waals surface area contributed by atoms with Crippen LogP contribution in [-0.2, 0) is 0 Å². The SMILES string of the molecule is CC1(C)CCCC(NCC(O)c2ccc(F)cc2F)C1. The Morgan fingerprint density at radius 1 is 1.40 bits per heavy atom. The van der Waals surface area contributed by atoms with Gasteiger partial charge in [0.05, 0.1) is 6.10 Å². The van der Waals surface area contributed by atoms with Crippen LogP contribution in [-0.4, -0.2) is 17.7 Å². The van der Waals surface area contributed by atoms with Gasteiger partial charge in [-0.3, -0.25) is 0 Å². The molecule has 1 aromatic rings. The molecule has 2 unspecified atom stereocenters. The molecule has 0 bridgehead atoms. The summed E-state index contributed by atoms with van der Waals surface area (Å²) < 4.78 is 26.4. The summed E-state index contributed by atoms with van der Waals surface area (Å²) in [6.07, 6.45) is 3.60. The van der Waals surface area contributed by atoms with Crippen LogP contribution in [0.2, 0.25) is 0 Å². The minimum atomic E-state index is -0.944. The Labute approximate surface area is 119 Å². The Bertz CT molecular complexity index is 462. The first-order valence-electron chi connectivity index (χ1n) is 7.24. The number of hydrogen-bond acceptors (Lipinski definition) is 2. The zero-order chi connectivity index (χ0) is 14.8. The van der Waals surface area contributed by atoms with Crippen LogP contribution in [0.25, 0.3) is 0 Å². The second-order valence-corrected chi connectivity index (χ2v) is 6.55. The van der Waals surface area contributed by atoms with E-state index in [1.807, 2.05) is 0 Å². The lowest BCUT2D eigenvalue weighted by atomic mass is 9.75. The number of halogens is 2. The van der Waals surface area contributed by atoms with Gasteiger partial charge in [0.25, 0.3) is 0 Å². The Balaban J connectivity index is 1.90. The lowest BCUT2D eigenvalue weighted by molar-refractivity contribution is 0.144. The molecule has 20 heavy (non-hydrogen) atoms. The van der Waals surface area contributed by atoms with Crippen molar-refractivity contribution in [1.82, 2.24) is 5.32 Å². The van der Waals surface area contributed by atoms with Crippen LogP contribution in [0.5, 0.6) is 0 Å². The van der Waals surface area contributed by atoms with Crippen molar-refractivity contribution in [2.24, 2.45) is 5.41 Å². The predicted octanol–water partition coefficient (Wildman–Crippen LogP) is 3.56. The molecule has 1 aliphatic carbocycles. The second-order valence-electron chi connectivity index (χ2n) is 6.55. The average molecular weight is 283 g/mol. The molecule has 1 aromatic carbocycles. The van der Waals surface area contributed by atoms with Crippen molar-refractivity contribution in [3.63, 3.8) is 0 Å². The van der Waals surface area contributed by atoms with E-state index in [1.54, 1.807) is 0 Å². The Hall–Kier alpha value is -1.00. The number of benzene rings is 1. The monoisotopic (exact) mass is 283 g/mol. The molecule has 1 saturated carbocycles. The summed E-state index contributed by atoms with van der Waals surface area (Å²) in [5.74, 6) is -1.32. The van der Waals surface area contributed by atoms with Gasteiger partial charge in [0, 0.05) is 24.2 Å². The van der Waals surface area contributed by atoms with Crippen molar-refractivity contribution >= 4 is 0 Å². The van der Waals surface area contributed by atoms with Gasteiger partial charge in [-0.2, -0.15) is 0 Å². The van der Waals surface area contributed by atoms with E-state index >= 15 is 0 Å². The van der Waals surface area contributed by atoms with Gasteiger partial charge in [-0.15, -0.1) is 0 Å². The molecule has 0 spiro atoms. The van der Waals surface area contributed by atoms with Crippen LogP contribution in [0.4, 0.5) is 8.78 Å². The summed E-state index contributed by atoms with van der Waals surface area (Å²) in [7, 11) is 0. The van der Waals surface area contributed by atoms with Crippen LogP contribution in [0, 0.1) is 17.0 Å². The van der Waals surface area contributed by atoms with Gasteiger partial charge in [0.1, 0.15) is 11.6 Å². The Morgan fingerprint density at radius 3 is 2.80 bits per heavy atom. The molecule has 2 nitrogen and oxygen atoms in total. The largest absolute Gasteiger partial charge is 0.387 e. The summed E-state index contributed by atoms with van der Waals surface area (Å²) in [5.41, 5.74) is 0.469. The molecular formula is C16H23F2NO. The van der Waals surface area contributed by atoms with Gasteiger partial charge >= 0.3 is 0 Å². The van der Waals surface area contributed by atoms with E-state index in [1.165, 1.54) is 25.0 Å². The fourth-order valence-corrected chi connectivity index (χ4v) is 3.03. The van der Waals surface area contributed by atoms with E-state index in [4.69, 9.17) is 0 Å². The molecule has 0 aliphatic heterocycles. The number of rotatable bonds is 4. The van der Waals surface area contributed by atoms with Crippen LogP contribution in [0.15, 0.2) is 18.2 Å². The third-order valence-electron chi connectivity index (χ3n) is 4.13. The molecule has 4 heteroatoms. The van der Waals surface area contributed by atoms with E-state index in [9.17, 15) is 13.9 Å². The third-order valence-corrected chi connectivity index (χ3v) is 4.13. The summed E-state index contributed by atoms with van der Waals surface area (Å²) in [6, 6.07) is 3.65. The van der Waals surface area contributed by atoms with Gasteiger partial charge in [-0.25, -0.2) is 8.78 Å². The fraction of sp³-hybridized carbons (Fsp3) is 0.625. The Morgan fingerprint density at radius 2 is 2.15 bits per heavy atom. The molecule has 0 heterocycles. The minimum absolute atomic E-state index is 0.147. The highest BCUT2D eigenvalue weighted by Crippen LogP contribution is 2.35. The number of aliphatic hydroxyl groups excluding tert-OH is 1. The summed E-state index contributed by atoms with van der Waals surface area (Å²) in [4.78, 5) is 0. The molecule has 1 fully saturated rings. The zero-order valence-electron chi connectivity index (χ0n) is 12.1. The molecule has 2 rings (SSSR count). The van der Waals surface area contributed by atoms with Crippen molar-refractivity contribution < 1.29 is 13.9 Å². The summed E-state index contributed by atoms with van der Waals surface area (Å²) in [6.45, 7) is 4.79. The highest BCUT2D eigenvalue weighted by molar-refractivity contribution is 5.21. The Kier molecular flexibility index (Phi) is 4.76. The molecule has 0 saturated heterocycles. The maximum atomic E-state index is 13.6. The van der Waals surface area contributed by atoms with Crippen LogP contribution < -0.4 is 5.32 Å². The third kappa shape index (κ3) is 4.00. The van der Waals surface area contributed by atoms with Gasteiger partial charge in [-0.05, 0) is 30.7 Å². The topological polar surface area (TPSA) is 32.3 Å². The molecular weight excluding hydrogens is 260 g/mol. The van der Waals surface area contributed by atoms with Crippen LogP contribution >= 0.6 is 0 Å². The van der Waals surface area contributed by atoms with E-state index < -0.39 is 17.7 Å². The molecule has 112 valence electrons. The lowest BCUT2D eigenvalue weighted by Gasteiger charge is -2.36. The number of nitrogens with one attached hydrogen (secondary N) is 1. The molecule has 0 amide bonds. The van der Waals surface area contributed by atoms with E-state index in [0.717, 1.165) is 18.9 Å². The van der Waals surface area contributed by atoms with Gasteiger partial charge in [-0.1, -0.05) is 26.3 Å². The first kappa shape index (κ1) is 15.4.